The molecule has 1 aliphatic heterocycles. The third-order valence-corrected chi connectivity index (χ3v) is 6.42. The molecule has 140 valence electrons. The largest absolute Gasteiger partial charge is 0.342 e. The van der Waals surface area contributed by atoms with Crippen LogP contribution in [0.2, 0.25) is 0 Å². The van der Waals surface area contributed by atoms with E-state index in [1.165, 1.54) is 16.4 Å². The number of aryl methyl sites for hydroxylation is 1. The van der Waals surface area contributed by atoms with Crippen molar-refractivity contribution in [3.63, 3.8) is 0 Å². The van der Waals surface area contributed by atoms with Crippen LogP contribution in [0.3, 0.4) is 0 Å². The summed E-state index contributed by atoms with van der Waals surface area (Å²) in [6.07, 6.45) is 0. The van der Waals surface area contributed by atoms with Crippen molar-refractivity contribution < 1.29 is 17.6 Å². The fourth-order valence-electron chi connectivity index (χ4n) is 2.94. The molecular formula is C17H26FN3O3S. The van der Waals surface area contributed by atoms with Crippen molar-refractivity contribution in [2.24, 2.45) is 0 Å². The van der Waals surface area contributed by atoms with Crippen LogP contribution in [-0.4, -0.2) is 74.2 Å². The Kier molecular flexibility index (Phi) is 6.53. The molecule has 1 aromatic carbocycles. The smallest absolute Gasteiger partial charge is 0.246 e. The highest BCUT2D eigenvalue weighted by Gasteiger charge is 2.31. The van der Waals surface area contributed by atoms with Crippen molar-refractivity contribution in [2.45, 2.75) is 25.7 Å². The molecule has 0 N–H and O–H groups in total. The van der Waals surface area contributed by atoms with E-state index in [2.05, 4.69) is 0 Å². The van der Waals surface area contributed by atoms with Crippen LogP contribution in [-0.2, 0) is 14.8 Å². The van der Waals surface area contributed by atoms with Crippen molar-refractivity contribution >= 4 is 15.9 Å². The molecule has 0 aliphatic carbocycles. The summed E-state index contributed by atoms with van der Waals surface area (Å²) in [4.78, 5) is 15.6. The third kappa shape index (κ3) is 4.56. The molecule has 0 atom stereocenters. The molecule has 1 aliphatic rings. The maximum atomic E-state index is 14.0. The normalized spacial score (nSPS) is 16.8. The summed E-state index contributed by atoms with van der Waals surface area (Å²) in [5.74, 6) is -0.684. The molecule has 25 heavy (non-hydrogen) atoms. The van der Waals surface area contributed by atoms with Crippen LogP contribution in [0, 0.1) is 12.7 Å². The predicted molar refractivity (Wildman–Crippen MR) is 94.3 cm³/mol. The predicted octanol–water partition coefficient (Wildman–Crippen LogP) is 1.31. The molecule has 2 rings (SSSR count). The number of sulfonamides is 1. The second-order valence-electron chi connectivity index (χ2n) is 6.18. The summed E-state index contributed by atoms with van der Waals surface area (Å²) in [6, 6.07) is 4.09. The highest BCUT2D eigenvalue weighted by molar-refractivity contribution is 7.89. The molecule has 1 aromatic rings. The Morgan fingerprint density at radius 2 is 1.76 bits per heavy atom. The average molecular weight is 371 g/mol. The minimum absolute atomic E-state index is 0.0473. The molecule has 0 spiro atoms. The highest BCUT2D eigenvalue weighted by atomic mass is 32.2. The molecule has 6 nitrogen and oxygen atoms in total. The molecule has 1 fully saturated rings. The van der Waals surface area contributed by atoms with Crippen LogP contribution >= 0.6 is 0 Å². The van der Waals surface area contributed by atoms with Gasteiger partial charge in [-0.05, 0) is 38.5 Å². The van der Waals surface area contributed by atoms with E-state index in [1.54, 1.807) is 17.9 Å². The Hall–Kier alpha value is -1.51. The van der Waals surface area contributed by atoms with E-state index in [1.807, 2.05) is 18.7 Å². The minimum Gasteiger partial charge on any atom is -0.342 e. The summed E-state index contributed by atoms with van der Waals surface area (Å²) in [6.45, 7) is 8.63. The van der Waals surface area contributed by atoms with E-state index in [-0.39, 0.29) is 30.4 Å². The number of likely N-dealkylation sites (N-methyl/N-ethyl adjacent to an activating group) is 1. The summed E-state index contributed by atoms with van der Waals surface area (Å²) < 4.78 is 40.6. The van der Waals surface area contributed by atoms with Gasteiger partial charge in [0, 0.05) is 39.3 Å². The SMILES string of the molecule is CCN(CC)C(=O)CN1CCN(S(=O)(=O)c2cc(C)ccc2F)CC1. The topological polar surface area (TPSA) is 60.9 Å². The van der Waals surface area contributed by atoms with Crippen LogP contribution in [0.1, 0.15) is 19.4 Å². The van der Waals surface area contributed by atoms with Crippen LogP contribution in [0.5, 0.6) is 0 Å². The maximum absolute atomic E-state index is 14.0. The van der Waals surface area contributed by atoms with Crippen LogP contribution < -0.4 is 0 Å². The zero-order chi connectivity index (χ0) is 18.6. The number of piperazine rings is 1. The lowest BCUT2D eigenvalue weighted by molar-refractivity contribution is -0.132. The lowest BCUT2D eigenvalue weighted by Gasteiger charge is -2.34. The van der Waals surface area contributed by atoms with Crippen molar-refractivity contribution in [2.75, 3.05) is 45.8 Å². The molecule has 0 bridgehead atoms. The van der Waals surface area contributed by atoms with Gasteiger partial charge in [-0.15, -0.1) is 0 Å². The Labute approximate surface area is 149 Å². The zero-order valence-corrected chi connectivity index (χ0v) is 15.9. The quantitative estimate of drug-likeness (QED) is 0.756. The van der Waals surface area contributed by atoms with Gasteiger partial charge in [-0.2, -0.15) is 4.31 Å². The van der Waals surface area contributed by atoms with Gasteiger partial charge in [0.15, 0.2) is 0 Å². The van der Waals surface area contributed by atoms with Crippen LogP contribution in [0.15, 0.2) is 23.1 Å². The zero-order valence-electron chi connectivity index (χ0n) is 15.0. The van der Waals surface area contributed by atoms with Gasteiger partial charge in [0.2, 0.25) is 15.9 Å². The number of hydrogen-bond donors (Lipinski definition) is 0. The number of benzene rings is 1. The van der Waals surface area contributed by atoms with Crippen molar-refractivity contribution in [3.05, 3.63) is 29.6 Å². The first-order valence-corrected chi connectivity index (χ1v) is 10.00. The van der Waals surface area contributed by atoms with Crippen LogP contribution in [0.25, 0.3) is 0 Å². The molecule has 0 aromatic heterocycles. The Balaban J connectivity index is 2.02. The van der Waals surface area contributed by atoms with Gasteiger partial charge in [0.05, 0.1) is 6.54 Å². The van der Waals surface area contributed by atoms with E-state index in [0.717, 1.165) is 0 Å². The number of halogens is 1. The van der Waals surface area contributed by atoms with Gasteiger partial charge in [0.25, 0.3) is 0 Å². The summed E-state index contributed by atoms with van der Waals surface area (Å²) in [7, 11) is -3.86. The average Bonchev–Trinajstić information content (AvgIpc) is 2.58. The van der Waals surface area contributed by atoms with E-state index < -0.39 is 15.8 Å². The Bertz CT molecular complexity index is 712. The van der Waals surface area contributed by atoms with E-state index in [0.29, 0.717) is 31.7 Å². The van der Waals surface area contributed by atoms with Crippen LogP contribution in [0.4, 0.5) is 4.39 Å². The molecule has 0 unspecified atom stereocenters. The summed E-state index contributed by atoms with van der Waals surface area (Å²) in [5.41, 5.74) is 0.698. The van der Waals surface area contributed by atoms with Gasteiger partial charge in [-0.25, -0.2) is 12.8 Å². The summed E-state index contributed by atoms with van der Waals surface area (Å²) >= 11 is 0. The number of carbonyl (C=O) groups is 1. The Morgan fingerprint density at radius 3 is 2.32 bits per heavy atom. The first-order valence-electron chi connectivity index (χ1n) is 8.56. The molecule has 0 saturated carbocycles. The second-order valence-corrected chi connectivity index (χ2v) is 8.09. The minimum atomic E-state index is -3.86. The molecular weight excluding hydrogens is 345 g/mol. The number of rotatable bonds is 6. The van der Waals surface area contributed by atoms with Gasteiger partial charge in [-0.3, -0.25) is 9.69 Å². The number of nitrogens with zero attached hydrogens (tertiary/aromatic N) is 3. The van der Waals surface area contributed by atoms with Gasteiger partial charge < -0.3 is 4.90 Å². The standard InChI is InChI=1S/C17H26FN3O3S/c1-4-20(5-2)17(22)13-19-8-10-21(11-9-19)25(23,24)16-12-14(3)6-7-15(16)18/h6-7,12H,4-5,8-11,13H2,1-3H3. The number of hydrogen-bond acceptors (Lipinski definition) is 4. The first kappa shape index (κ1) is 19.8. The molecule has 1 amide bonds. The lowest BCUT2D eigenvalue weighted by Crippen LogP contribution is -2.51. The Morgan fingerprint density at radius 1 is 1.16 bits per heavy atom. The fourth-order valence-corrected chi connectivity index (χ4v) is 4.51. The van der Waals surface area contributed by atoms with Gasteiger partial charge in [0.1, 0.15) is 10.7 Å². The number of amides is 1. The van der Waals surface area contributed by atoms with Gasteiger partial charge in [-0.1, -0.05) is 6.07 Å². The lowest BCUT2D eigenvalue weighted by atomic mass is 10.2. The second kappa shape index (κ2) is 8.25. The fraction of sp³-hybridized carbons (Fsp3) is 0.588. The summed E-state index contributed by atoms with van der Waals surface area (Å²) in [5, 5.41) is 0. The molecule has 8 heteroatoms. The third-order valence-electron chi connectivity index (χ3n) is 4.51. The van der Waals surface area contributed by atoms with Crippen molar-refractivity contribution in [1.82, 2.24) is 14.1 Å². The van der Waals surface area contributed by atoms with E-state index in [9.17, 15) is 17.6 Å². The molecule has 0 radical (unpaired) electrons. The van der Waals surface area contributed by atoms with E-state index in [4.69, 9.17) is 0 Å². The van der Waals surface area contributed by atoms with E-state index >= 15 is 0 Å². The molecule has 1 saturated heterocycles. The first-order chi connectivity index (χ1) is 11.8. The van der Waals surface area contributed by atoms with Crippen molar-refractivity contribution in [3.8, 4) is 0 Å². The molecule has 1 heterocycles. The highest BCUT2D eigenvalue weighted by Crippen LogP contribution is 2.21. The number of carbonyl (C=O) groups excluding carboxylic acids is 1. The maximum Gasteiger partial charge on any atom is 0.246 e. The van der Waals surface area contributed by atoms with Crippen molar-refractivity contribution in [1.29, 1.82) is 0 Å². The van der Waals surface area contributed by atoms with Gasteiger partial charge >= 0.3 is 0 Å². The monoisotopic (exact) mass is 371 g/mol.